The van der Waals surface area contributed by atoms with Crippen molar-refractivity contribution < 1.29 is 0 Å². The quantitative estimate of drug-likeness (QED) is 0.782. The lowest BCUT2D eigenvalue weighted by molar-refractivity contribution is 0.565. The molecule has 3 rings (SSSR count). The van der Waals surface area contributed by atoms with Crippen molar-refractivity contribution in [2.45, 2.75) is 19.5 Å². The standard InChI is InChI=1S/C15H16N4S/c1-12(13-7-8-20-11-13)16-9-14-10-17-19(18-14)15-5-3-2-4-6-15/h2-8,10-12,16H,9H2,1H3. The molecule has 0 saturated heterocycles. The monoisotopic (exact) mass is 284 g/mol. The maximum Gasteiger partial charge on any atom is 0.0969 e. The maximum atomic E-state index is 4.48. The van der Waals surface area contributed by atoms with E-state index in [0.29, 0.717) is 12.6 Å². The van der Waals surface area contributed by atoms with Gasteiger partial charge in [0.1, 0.15) is 0 Å². The summed E-state index contributed by atoms with van der Waals surface area (Å²) in [5, 5.41) is 16.5. The van der Waals surface area contributed by atoms with E-state index in [1.165, 1.54) is 5.56 Å². The third-order valence-corrected chi connectivity index (χ3v) is 3.86. The molecule has 0 amide bonds. The number of hydrogen-bond donors (Lipinski definition) is 1. The topological polar surface area (TPSA) is 42.7 Å². The maximum absolute atomic E-state index is 4.48. The fraction of sp³-hybridized carbons (Fsp3) is 0.200. The number of para-hydroxylation sites is 1. The number of hydrogen-bond acceptors (Lipinski definition) is 4. The molecule has 1 atom stereocenters. The van der Waals surface area contributed by atoms with Gasteiger partial charge in [0.15, 0.2) is 0 Å². The first kappa shape index (κ1) is 13.0. The highest BCUT2D eigenvalue weighted by atomic mass is 32.1. The largest absolute Gasteiger partial charge is 0.304 e. The lowest BCUT2D eigenvalue weighted by Gasteiger charge is -2.10. The number of benzene rings is 1. The number of thiophene rings is 1. The summed E-state index contributed by atoms with van der Waals surface area (Å²) in [7, 11) is 0. The Morgan fingerprint density at radius 2 is 2.10 bits per heavy atom. The molecular formula is C15H16N4S. The van der Waals surface area contributed by atoms with Gasteiger partial charge in [-0.05, 0) is 41.4 Å². The first-order valence-electron chi connectivity index (χ1n) is 6.55. The Morgan fingerprint density at radius 3 is 2.85 bits per heavy atom. The van der Waals surface area contributed by atoms with E-state index in [9.17, 15) is 0 Å². The Morgan fingerprint density at radius 1 is 1.25 bits per heavy atom. The lowest BCUT2D eigenvalue weighted by atomic mass is 10.2. The van der Waals surface area contributed by atoms with Crippen molar-refractivity contribution in [3.8, 4) is 5.69 Å². The highest BCUT2D eigenvalue weighted by Gasteiger charge is 2.07. The molecule has 1 N–H and O–H groups in total. The summed E-state index contributed by atoms with van der Waals surface area (Å²) in [5.74, 6) is 0. The van der Waals surface area contributed by atoms with Gasteiger partial charge in [-0.3, -0.25) is 0 Å². The molecule has 0 aliphatic carbocycles. The smallest absolute Gasteiger partial charge is 0.0969 e. The molecule has 0 spiro atoms. The zero-order valence-corrected chi connectivity index (χ0v) is 12.0. The van der Waals surface area contributed by atoms with Crippen molar-refractivity contribution in [3.63, 3.8) is 0 Å². The molecule has 20 heavy (non-hydrogen) atoms. The first-order chi connectivity index (χ1) is 9.83. The van der Waals surface area contributed by atoms with Crippen LogP contribution in [0, 0.1) is 0 Å². The average Bonchev–Trinajstić information content (AvgIpc) is 3.17. The van der Waals surface area contributed by atoms with E-state index in [2.05, 4.69) is 39.3 Å². The second-order valence-corrected chi connectivity index (χ2v) is 5.40. The lowest BCUT2D eigenvalue weighted by Crippen LogP contribution is -2.18. The molecule has 0 radical (unpaired) electrons. The second kappa shape index (κ2) is 5.98. The average molecular weight is 284 g/mol. The van der Waals surface area contributed by atoms with Crippen LogP contribution in [0.1, 0.15) is 24.2 Å². The van der Waals surface area contributed by atoms with Crippen LogP contribution in [-0.4, -0.2) is 15.0 Å². The normalized spacial score (nSPS) is 12.4. The van der Waals surface area contributed by atoms with Gasteiger partial charge >= 0.3 is 0 Å². The van der Waals surface area contributed by atoms with E-state index in [1.807, 2.05) is 30.3 Å². The number of aromatic nitrogens is 3. The summed E-state index contributed by atoms with van der Waals surface area (Å²) in [6.45, 7) is 2.87. The van der Waals surface area contributed by atoms with Crippen molar-refractivity contribution in [2.24, 2.45) is 0 Å². The number of rotatable bonds is 5. The summed E-state index contributed by atoms with van der Waals surface area (Å²) >= 11 is 1.72. The van der Waals surface area contributed by atoms with Crippen LogP contribution in [0.25, 0.3) is 5.69 Å². The molecular weight excluding hydrogens is 268 g/mol. The predicted molar refractivity (Wildman–Crippen MR) is 80.9 cm³/mol. The fourth-order valence-corrected chi connectivity index (χ4v) is 2.71. The highest BCUT2D eigenvalue weighted by Crippen LogP contribution is 2.15. The molecule has 0 aliphatic rings. The summed E-state index contributed by atoms with van der Waals surface area (Å²) in [4.78, 5) is 1.66. The molecule has 0 saturated carbocycles. The third kappa shape index (κ3) is 2.95. The van der Waals surface area contributed by atoms with Gasteiger partial charge in [-0.25, -0.2) is 0 Å². The third-order valence-electron chi connectivity index (χ3n) is 3.16. The van der Waals surface area contributed by atoms with Crippen molar-refractivity contribution in [2.75, 3.05) is 0 Å². The highest BCUT2D eigenvalue weighted by molar-refractivity contribution is 7.07. The van der Waals surface area contributed by atoms with E-state index >= 15 is 0 Å². The molecule has 4 nitrogen and oxygen atoms in total. The Hall–Kier alpha value is -1.98. The zero-order chi connectivity index (χ0) is 13.8. The minimum absolute atomic E-state index is 0.322. The van der Waals surface area contributed by atoms with Crippen molar-refractivity contribution in [3.05, 3.63) is 64.6 Å². The van der Waals surface area contributed by atoms with Crippen LogP contribution in [0.4, 0.5) is 0 Å². The van der Waals surface area contributed by atoms with Crippen LogP contribution in [-0.2, 0) is 6.54 Å². The van der Waals surface area contributed by atoms with Crippen LogP contribution in [0.15, 0.2) is 53.4 Å². The van der Waals surface area contributed by atoms with E-state index in [1.54, 1.807) is 22.3 Å². The Labute approximate surface area is 122 Å². The summed E-state index contributed by atoms with van der Waals surface area (Å²) in [6, 6.07) is 12.4. The molecule has 3 aromatic rings. The van der Waals surface area contributed by atoms with Gasteiger partial charge in [-0.2, -0.15) is 26.3 Å². The number of nitrogens with zero attached hydrogens (tertiary/aromatic N) is 3. The van der Waals surface area contributed by atoms with Gasteiger partial charge < -0.3 is 5.32 Å². The summed E-state index contributed by atoms with van der Waals surface area (Å²) in [6.07, 6.45) is 1.81. The first-order valence-corrected chi connectivity index (χ1v) is 7.49. The van der Waals surface area contributed by atoms with Gasteiger partial charge in [0.2, 0.25) is 0 Å². The van der Waals surface area contributed by atoms with Gasteiger partial charge in [0.25, 0.3) is 0 Å². The Balaban J connectivity index is 1.63. The van der Waals surface area contributed by atoms with E-state index in [0.717, 1.165) is 11.4 Å². The molecule has 0 bridgehead atoms. The Kier molecular flexibility index (Phi) is 3.90. The van der Waals surface area contributed by atoms with E-state index in [4.69, 9.17) is 0 Å². The fourth-order valence-electron chi connectivity index (χ4n) is 1.96. The minimum atomic E-state index is 0.322. The molecule has 0 fully saturated rings. The molecule has 5 heteroatoms. The molecule has 2 heterocycles. The van der Waals surface area contributed by atoms with Crippen molar-refractivity contribution in [1.82, 2.24) is 20.3 Å². The molecule has 1 aromatic carbocycles. The summed E-state index contributed by atoms with van der Waals surface area (Å²) < 4.78 is 0. The van der Waals surface area contributed by atoms with Crippen LogP contribution in [0.2, 0.25) is 0 Å². The van der Waals surface area contributed by atoms with Crippen LogP contribution >= 0.6 is 11.3 Å². The van der Waals surface area contributed by atoms with Crippen LogP contribution in [0.5, 0.6) is 0 Å². The Bertz CT molecular complexity index is 646. The van der Waals surface area contributed by atoms with E-state index < -0.39 is 0 Å². The SMILES string of the molecule is CC(NCc1cnn(-c2ccccc2)n1)c1ccsc1. The van der Waals surface area contributed by atoms with Gasteiger partial charge in [0.05, 0.1) is 17.6 Å². The van der Waals surface area contributed by atoms with Gasteiger partial charge in [0, 0.05) is 12.6 Å². The molecule has 102 valence electrons. The second-order valence-electron chi connectivity index (χ2n) is 4.62. The summed E-state index contributed by atoms with van der Waals surface area (Å²) in [5.41, 5.74) is 3.23. The number of nitrogens with one attached hydrogen (secondary N) is 1. The predicted octanol–water partition coefficient (Wildman–Crippen LogP) is 3.18. The van der Waals surface area contributed by atoms with E-state index in [-0.39, 0.29) is 0 Å². The van der Waals surface area contributed by atoms with Crippen molar-refractivity contribution >= 4 is 11.3 Å². The van der Waals surface area contributed by atoms with Crippen LogP contribution < -0.4 is 5.32 Å². The zero-order valence-electron chi connectivity index (χ0n) is 11.2. The molecule has 1 unspecified atom stereocenters. The molecule has 2 aromatic heterocycles. The molecule has 0 aliphatic heterocycles. The van der Waals surface area contributed by atoms with Gasteiger partial charge in [-0.1, -0.05) is 18.2 Å². The minimum Gasteiger partial charge on any atom is -0.304 e. The van der Waals surface area contributed by atoms with Crippen molar-refractivity contribution in [1.29, 1.82) is 0 Å². The van der Waals surface area contributed by atoms with Crippen LogP contribution in [0.3, 0.4) is 0 Å². The van der Waals surface area contributed by atoms with Gasteiger partial charge in [-0.15, -0.1) is 0 Å².